The zero-order valence-corrected chi connectivity index (χ0v) is 16.2. The molecule has 1 heterocycles. The predicted molar refractivity (Wildman–Crippen MR) is 102 cm³/mol. The molecule has 1 aliphatic heterocycles. The highest BCUT2D eigenvalue weighted by molar-refractivity contribution is 5.90. The Morgan fingerprint density at radius 3 is 2.83 bits per heavy atom. The van der Waals surface area contributed by atoms with Crippen LogP contribution in [0.15, 0.2) is 18.2 Å². The van der Waals surface area contributed by atoms with Crippen LogP contribution in [0.3, 0.4) is 0 Å². The molecule has 12 heteroatoms. The number of cyclic esters (lactones) is 1. The number of hydroxylamine groups is 2. The number of ether oxygens (including phenoxy) is 1. The van der Waals surface area contributed by atoms with Crippen LogP contribution in [0.25, 0.3) is 0 Å². The average Bonchev–Trinajstić information content (AvgIpc) is 3.07. The van der Waals surface area contributed by atoms with Gasteiger partial charge in [0.1, 0.15) is 11.9 Å². The lowest BCUT2D eigenvalue weighted by atomic mass is 10.2. The van der Waals surface area contributed by atoms with Crippen LogP contribution >= 0.6 is 0 Å². The van der Waals surface area contributed by atoms with Gasteiger partial charge in [0.15, 0.2) is 0 Å². The predicted octanol–water partition coefficient (Wildman–Crippen LogP) is 0.536. The van der Waals surface area contributed by atoms with Gasteiger partial charge in [0.05, 0.1) is 31.1 Å². The van der Waals surface area contributed by atoms with E-state index in [-0.39, 0.29) is 37.8 Å². The molecule has 0 saturated carbocycles. The Bertz CT molecular complexity index is 749. The highest BCUT2D eigenvalue weighted by Gasteiger charge is 2.32. The molecule has 1 aromatic rings. The van der Waals surface area contributed by atoms with Gasteiger partial charge >= 0.3 is 12.1 Å². The lowest BCUT2D eigenvalue weighted by molar-refractivity contribution is -0.119. The summed E-state index contributed by atoms with van der Waals surface area (Å²) in [7, 11) is 0. The van der Waals surface area contributed by atoms with Gasteiger partial charge in [-0.3, -0.25) is 20.0 Å². The number of benzene rings is 1. The summed E-state index contributed by atoms with van der Waals surface area (Å²) in [4.78, 5) is 40.9. The average molecular weight is 412 g/mol. The van der Waals surface area contributed by atoms with Gasteiger partial charge in [-0.15, -0.1) is 0 Å². The lowest BCUT2D eigenvalue weighted by Gasteiger charge is -2.19. The summed E-state index contributed by atoms with van der Waals surface area (Å²) < 4.78 is 19.5. The molecule has 2 rings (SSSR count). The molecule has 1 saturated heterocycles. The normalized spacial score (nSPS) is 15.7. The van der Waals surface area contributed by atoms with Crippen LogP contribution in [0.4, 0.5) is 25.4 Å². The SMILES string of the molecule is CCN(OCCNc1ccc(N2C[C@H](CNC(C)=O)OC2=O)cc1F)C(=O)NN. The maximum atomic E-state index is 14.4. The molecule has 1 atom stereocenters. The third kappa shape index (κ3) is 6.19. The maximum Gasteiger partial charge on any atom is 0.414 e. The first-order chi connectivity index (χ1) is 13.8. The number of hydrazine groups is 1. The molecule has 0 unspecified atom stereocenters. The Kier molecular flexibility index (Phi) is 7.98. The largest absolute Gasteiger partial charge is 0.442 e. The lowest BCUT2D eigenvalue weighted by Crippen LogP contribution is -2.43. The first-order valence-electron chi connectivity index (χ1n) is 9.02. The second-order valence-electron chi connectivity index (χ2n) is 6.12. The maximum absolute atomic E-state index is 14.4. The van der Waals surface area contributed by atoms with Crippen molar-refractivity contribution in [2.24, 2.45) is 5.84 Å². The van der Waals surface area contributed by atoms with Crippen molar-refractivity contribution in [1.82, 2.24) is 15.8 Å². The molecule has 1 fully saturated rings. The number of urea groups is 1. The summed E-state index contributed by atoms with van der Waals surface area (Å²) in [6, 6.07) is 3.70. The van der Waals surface area contributed by atoms with Crippen molar-refractivity contribution in [1.29, 1.82) is 0 Å². The van der Waals surface area contributed by atoms with E-state index in [9.17, 15) is 18.8 Å². The Hall–Kier alpha value is -3.12. The second-order valence-corrected chi connectivity index (χ2v) is 6.12. The molecule has 0 radical (unpaired) electrons. The molecule has 11 nitrogen and oxygen atoms in total. The molecule has 1 aliphatic rings. The Morgan fingerprint density at radius 1 is 1.45 bits per heavy atom. The monoisotopic (exact) mass is 412 g/mol. The first-order valence-corrected chi connectivity index (χ1v) is 9.02. The second kappa shape index (κ2) is 10.4. The fourth-order valence-corrected chi connectivity index (χ4v) is 2.62. The van der Waals surface area contributed by atoms with Gasteiger partial charge in [-0.1, -0.05) is 0 Å². The molecular weight excluding hydrogens is 387 g/mol. The highest BCUT2D eigenvalue weighted by atomic mass is 19.1. The molecule has 29 heavy (non-hydrogen) atoms. The molecular formula is C17H25FN6O5. The summed E-state index contributed by atoms with van der Waals surface area (Å²) in [5.41, 5.74) is 2.51. The van der Waals surface area contributed by atoms with Crippen molar-refractivity contribution in [2.45, 2.75) is 20.0 Å². The van der Waals surface area contributed by atoms with Gasteiger partial charge in [0.25, 0.3) is 0 Å². The van der Waals surface area contributed by atoms with E-state index in [4.69, 9.17) is 15.4 Å². The van der Waals surface area contributed by atoms with E-state index >= 15 is 0 Å². The minimum atomic E-state index is -0.605. The summed E-state index contributed by atoms with van der Waals surface area (Å²) in [5, 5.41) is 6.47. The summed E-state index contributed by atoms with van der Waals surface area (Å²) in [6.45, 7) is 4.10. The van der Waals surface area contributed by atoms with Gasteiger partial charge in [-0.2, -0.15) is 0 Å². The minimum Gasteiger partial charge on any atom is -0.442 e. The van der Waals surface area contributed by atoms with Crippen molar-refractivity contribution in [3.8, 4) is 0 Å². The molecule has 5 N–H and O–H groups in total. The van der Waals surface area contributed by atoms with Crippen LogP contribution in [0.5, 0.6) is 0 Å². The summed E-state index contributed by atoms with van der Waals surface area (Å²) in [6.07, 6.45) is -1.11. The highest BCUT2D eigenvalue weighted by Crippen LogP contribution is 2.25. The fourth-order valence-electron chi connectivity index (χ4n) is 2.62. The van der Waals surface area contributed by atoms with Crippen LogP contribution in [-0.4, -0.2) is 62.0 Å². The number of halogens is 1. The minimum absolute atomic E-state index is 0.103. The zero-order valence-electron chi connectivity index (χ0n) is 16.2. The fraction of sp³-hybridized carbons (Fsp3) is 0.471. The molecule has 0 aliphatic carbocycles. The number of carbonyl (C=O) groups excluding carboxylic acids is 3. The summed E-state index contributed by atoms with van der Waals surface area (Å²) >= 11 is 0. The smallest absolute Gasteiger partial charge is 0.414 e. The van der Waals surface area contributed by atoms with E-state index < -0.39 is 24.0 Å². The van der Waals surface area contributed by atoms with E-state index in [2.05, 4.69) is 10.6 Å². The molecule has 4 amide bonds. The van der Waals surface area contributed by atoms with E-state index in [1.54, 1.807) is 13.0 Å². The van der Waals surface area contributed by atoms with Crippen LogP contribution in [0.2, 0.25) is 0 Å². The number of hydrogen-bond acceptors (Lipinski definition) is 7. The number of nitrogens with two attached hydrogens (primary N) is 1. The number of carbonyl (C=O) groups is 3. The van der Waals surface area contributed by atoms with Crippen molar-refractivity contribution < 1.29 is 28.3 Å². The van der Waals surface area contributed by atoms with Gasteiger partial charge in [0, 0.05) is 20.0 Å². The standard InChI is InChI=1S/C17H25FN6O5/c1-3-24(16(26)22-19)28-7-6-20-15-5-4-12(8-14(15)18)23-10-13(29-17(23)27)9-21-11(2)25/h4-5,8,13,20H,3,6-7,9-10,19H2,1-2H3,(H,21,25)(H,22,26)/t13-/m0/s1. The van der Waals surface area contributed by atoms with Gasteiger partial charge < -0.3 is 15.4 Å². The third-order valence-corrected chi connectivity index (χ3v) is 4.02. The van der Waals surface area contributed by atoms with Crippen LogP contribution in [0.1, 0.15) is 13.8 Å². The molecule has 0 aromatic heterocycles. The van der Waals surface area contributed by atoms with Gasteiger partial charge in [0.2, 0.25) is 5.91 Å². The number of hydrogen-bond donors (Lipinski definition) is 4. The zero-order chi connectivity index (χ0) is 21.4. The van der Waals surface area contributed by atoms with Crippen LogP contribution in [0, 0.1) is 5.82 Å². The number of amides is 4. The molecule has 0 bridgehead atoms. The van der Waals surface area contributed by atoms with E-state index in [0.717, 1.165) is 5.06 Å². The quantitative estimate of drug-likeness (QED) is 0.201. The Balaban J connectivity index is 1.87. The number of nitrogens with zero attached hydrogens (tertiary/aromatic N) is 2. The number of nitrogens with one attached hydrogen (secondary N) is 3. The molecule has 0 spiro atoms. The van der Waals surface area contributed by atoms with Crippen LogP contribution in [-0.2, 0) is 14.4 Å². The van der Waals surface area contributed by atoms with E-state index in [1.165, 1.54) is 24.0 Å². The van der Waals surface area contributed by atoms with Crippen molar-refractivity contribution >= 4 is 29.4 Å². The van der Waals surface area contributed by atoms with Gasteiger partial charge in [-0.05, 0) is 25.1 Å². The Labute approximate surface area is 167 Å². The van der Waals surface area contributed by atoms with Gasteiger partial charge in [-0.25, -0.2) is 24.9 Å². The molecule has 160 valence electrons. The number of anilines is 2. The van der Waals surface area contributed by atoms with Crippen LogP contribution < -0.4 is 26.8 Å². The summed E-state index contributed by atoms with van der Waals surface area (Å²) in [5.74, 6) is 4.25. The van der Waals surface area contributed by atoms with Crippen molar-refractivity contribution in [2.75, 3.05) is 43.0 Å². The topological polar surface area (TPSA) is 138 Å². The first kappa shape index (κ1) is 22.2. The van der Waals surface area contributed by atoms with Crippen molar-refractivity contribution in [3.05, 3.63) is 24.0 Å². The van der Waals surface area contributed by atoms with E-state index in [0.29, 0.717) is 12.2 Å². The Morgan fingerprint density at radius 2 is 2.21 bits per heavy atom. The molecule has 1 aromatic carbocycles. The number of rotatable bonds is 9. The van der Waals surface area contributed by atoms with Crippen molar-refractivity contribution in [3.63, 3.8) is 0 Å². The third-order valence-electron chi connectivity index (χ3n) is 4.02. The van der Waals surface area contributed by atoms with E-state index in [1.807, 2.05) is 5.43 Å².